The Morgan fingerprint density at radius 3 is 2.82 bits per heavy atom. The van der Waals surface area contributed by atoms with Crippen LogP contribution in [0.4, 0.5) is 0 Å². The lowest BCUT2D eigenvalue weighted by Crippen LogP contribution is -1.97. The van der Waals surface area contributed by atoms with E-state index in [2.05, 4.69) is 10.1 Å². The molecule has 1 atom stereocenters. The maximum absolute atomic E-state index is 9.33. The number of phenolic OH excluding ortho intramolecular Hbond substituents is 1. The highest BCUT2D eigenvalue weighted by molar-refractivity contribution is 5.59. The molecule has 2 aromatic rings. The molecule has 0 aliphatic heterocycles. The molecule has 0 aliphatic rings. The molecule has 17 heavy (non-hydrogen) atoms. The average Bonchev–Trinajstić information content (AvgIpc) is 2.77. The van der Waals surface area contributed by atoms with Crippen molar-refractivity contribution in [3.8, 4) is 17.2 Å². The van der Waals surface area contributed by atoms with E-state index in [0.29, 0.717) is 11.7 Å². The Bertz CT molecular complexity index is 522. The third kappa shape index (κ3) is 2.29. The Balaban J connectivity index is 2.37. The van der Waals surface area contributed by atoms with Gasteiger partial charge in [0.15, 0.2) is 0 Å². The standard InChI is InChI=1S/C12H14N2O3/c1-7-6-9(15)4-5-10(7)12-13-11(14-17-12)8(2)16-3/h4-6,8,15H,1-3H3. The Kier molecular flexibility index (Phi) is 3.10. The topological polar surface area (TPSA) is 68.4 Å². The first kappa shape index (κ1) is 11.6. The van der Waals surface area contributed by atoms with Crippen LogP contribution in [0, 0.1) is 6.92 Å². The number of methoxy groups -OCH3 is 1. The maximum atomic E-state index is 9.33. The molecule has 5 heteroatoms. The van der Waals surface area contributed by atoms with Gasteiger partial charge in [-0.3, -0.25) is 0 Å². The van der Waals surface area contributed by atoms with Crippen molar-refractivity contribution < 1.29 is 14.4 Å². The summed E-state index contributed by atoms with van der Waals surface area (Å²) in [7, 11) is 1.59. The molecule has 1 aromatic heterocycles. The van der Waals surface area contributed by atoms with E-state index in [1.54, 1.807) is 25.3 Å². The van der Waals surface area contributed by atoms with E-state index in [-0.39, 0.29) is 11.9 Å². The van der Waals surface area contributed by atoms with Crippen molar-refractivity contribution >= 4 is 0 Å². The highest BCUT2D eigenvalue weighted by Crippen LogP contribution is 2.26. The van der Waals surface area contributed by atoms with Gasteiger partial charge in [-0.25, -0.2) is 0 Å². The van der Waals surface area contributed by atoms with Gasteiger partial charge < -0.3 is 14.4 Å². The zero-order valence-corrected chi connectivity index (χ0v) is 9.97. The molecule has 0 bridgehead atoms. The third-order valence-electron chi connectivity index (χ3n) is 2.60. The summed E-state index contributed by atoms with van der Waals surface area (Å²) in [5.74, 6) is 1.16. The molecule has 1 unspecified atom stereocenters. The van der Waals surface area contributed by atoms with Crippen LogP contribution in [0.5, 0.6) is 5.75 Å². The highest BCUT2D eigenvalue weighted by Gasteiger charge is 2.15. The van der Waals surface area contributed by atoms with Crippen molar-refractivity contribution in [3.63, 3.8) is 0 Å². The summed E-state index contributed by atoms with van der Waals surface area (Å²) in [5.41, 5.74) is 1.69. The number of benzene rings is 1. The van der Waals surface area contributed by atoms with Crippen LogP contribution >= 0.6 is 0 Å². The highest BCUT2D eigenvalue weighted by atomic mass is 16.5. The van der Waals surface area contributed by atoms with Crippen LogP contribution in [0.1, 0.15) is 24.4 Å². The van der Waals surface area contributed by atoms with Crippen molar-refractivity contribution in [2.75, 3.05) is 7.11 Å². The van der Waals surface area contributed by atoms with Crippen LogP contribution < -0.4 is 0 Å². The number of ether oxygens (including phenoxy) is 1. The molecule has 0 fully saturated rings. The van der Waals surface area contributed by atoms with Crippen LogP contribution in [0.15, 0.2) is 22.7 Å². The molecular weight excluding hydrogens is 220 g/mol. The Labute approximate surface area is 99.0 Å². The molecule has 0 aliphatic carbocycles. The molecule has 0 spiro atoms. The van der Waals surface area contributed by atoms with Crippen LogP contribution in [0.25, 0.3) is 11.5 Å². The van der Waals surface area contributed by atoms with E-state index in [4.69, 9.17) is 9.26 Å². The molecule has 1 aromatic carbocycles. The van der Waals surface area contributed by atoms with Crippen molar-refractivity contribution in [1.29, 1.82) is 0 Å². The van der Waals surface area contributed by atoms with E-state index in [9.17, 15) is 5.11 Å². The van der Waals surface area contributed by atoms with Crippen LogP contribution in [-0.4, -0.2) is 22.4 Å². The lowest BCUT2D eigenvalue weighted by Gasteiger charge is -2.02. The molecule has 1 heterocycles. The number of hydrogen-bond acceptors (Lipinski definition) is 5. The summed E-state index contributed by atoms with van der Waals surface area (Å²) in [6.07, 6.45) is -0.204. The van der Waals surface area contributed by atoms with Gasteiger partial charge >= 0.3 is 0 Å². The first-order chi connectivity index (χ1) is 8.11. The largest absolute Gasteiger partial charge is 0.508 e. The van der Waals surface area contributed by atoms with Gasteiger partial charge in [0.05, 0.1) is 0 Å². The lowest BCUT2D eigenvalue weighted by molar-refractivity contribution is 0.109. The van der Waals surface area contributed by atoms with E-state index < -0.39 is 0 Å². The zero-order valence-electron chi connectivity index (χ0n) is 9.97. The van der Waals surface area contributed by atoms with Crippen molar-refractivity contribution in [1.82, 2.24) is 10.1 Å². The van der Waals surface area contributed by atoms with Crippen molar-refractivity contribution in [2.24, 2.45) is 0 Å². The second-order valence-electron chi connectivity index (χ2n) is 3.83. The minimum atomic E-state index is -0.204. The quantitative estimate of drug-likeness (QED) is 0.883. The van der Waals surface area contributed by atoms with Gasteiger partial charge in [-0.05, 0) is 37.6 Å². The van der Waals surface area contributed by atoms with Gasteiger partial charge in [0, 0.05) is 12.7 Å². The first-order valence-corrected chi connectivity index (χ1v) is 5.28. The predicted molar refractivity (Wildman–Crippen MR) is 61.6 cm³/mol. The second-order valence-corrected chi connectivity index (χ2v) is 3.83. The van der Waals surface area contributed by atoms with Crippen LogP contribution in [-0.2, 0) is 4.74 Å². The minimum Gasteiger partial charge on any atom is -0.508 e. The number of aryl methyl sites for hydroxylation is 1. The van der Waals surface area contributed by atoms with Crippen molar-refractivity contribution in [3.05, 3.63) is 29.6 Å². The van der Waals surface area contributed by atoms with Crippen LogP contribution in [0.3, 0.4) is 0 Å². The molecule has 0 saturated heterocycles. The van der Waals surface area contributed by atoms with E-state index >= 15 is 0 Å². The molecule has 0 saturated carbocycles. The SMILES string of the molecule is COC(C)c1noc(-c2ccc(O)cc2C)n1. The van der Waals surface area contributed by atoms with Gasteiger partial charge in [-0.2, -0.15) is 4.98 Å². The van der Waals surface area contributed by atoms with Crippen LogP contribution in [0.2, 0.25) is 0 Å². The monoisotopic (exact) mass is 234 g/mol. The van der Waals surface area contributed by atoms with E-state index in [0.717, 1.165) is 11.1 Å². The van der Waals surface area contributed by atoms with E-state index in [1.165, 1.54) is 0 Å². The molecule has 1 N–H and O–H groups in total. The minimum absolute atomic E-state index is 0.204. The average molecular weight is 234 g/mol. The molecule has 0 amide bonds. The normalized spacial score (nSPS) is 12.6. The third-order valence-corrected chi connectivity index (χ3v) is 2.60. The van der Waals surface area contributed by atoms with Gasteiger partial charge in [0.25, 0.3) is 5.89 Å². The lowest BCUT2D eigenvalue weighted by atomic mass is 10.1. The van der Waals surface area contributed by atoms with Crippen molar-refractivity contribution in [2.45, 2.75) is 20.0 Å². The fourth-order valence-corrected chi connectivity index (χ4v) is 1.50. The number of rotatable bonds is 3. The zero-order chi connectivity index (χ0) is 12.4. The van der Waals surface area contributed by atoms with E-state index in [1.807, 2.05) is 13.8 Å². The summed E-state index contributed by atoms with van der Waals surface area (Å²) >= 11 is 0. The predicted octanol–water partition coefficient (Wildman–Crippen LogP) is 2.46. The molecule has 90 valence electrons. The number of aromatic nitrogens is 2. The Hall–Kier alpha value is -1.88. The first-order valence-electron chi connectivity index (χ1n) is 5.28. The van der Waals surface area contributed by atoms with Gasteiger partial charge in [0.2, 0.25) is 5.82 Å². The Morgan fingerprint density at radius 1 is 1.41 bits per heavy atom. The number of phenols is 1. The molecule has 5 nitrogen and oxygen atoms in total. The fourth-order valence-electron chi connectivity index (χ4n) is 1.50. The summed E-state index contributed by atoms with van der Waals surface area (Å²) in [6, 6.07) is 4.99. The van der Waals surface area contributed by atoms with Gasteiger partial charge in [-0.15, -0.1) is 0 Å². The number of aromatic hydroxyl groups is 1. The summed E-state index contributed by atoms with van der Waals surface area (Å²) < 4.78 is 10.3. The fraction of sp³-hybridized carbons (Fsp3) is 0.333. The second kappa shape index (κ2) is 4.55. The maximum Gasteiger partial charge on any atom is 0.258 e. The number of nitrogens with zero attached hydrogens (tertiary/aromatic N) is 2. The summed E-state index contributed by atoms with van der Waals surface area (Å²) in [5, 5.41) is 13.2. The molecule has 2 rings (SSSR count). The molecular formula is C12H14N2O3. The van der Waals surface area contributed by atoms with Gasteiger partial charge in [-0.1, -0.05) is 5.16 Å². The molecule has 0 radical (unpaired) electrons. The smallest absolute Gasteiger partial charge is 0.258 e. The number of hydrogen-bond donors (Lipinski definition) is 1. The van der Waals surface area contributed by atoms with Gasteiger partial charge in [0.1, 0.15) is 11.9 Å². The summed E-state index contributed by atoms with van der Waals surface area (Å²) in [4.78, 5) is 4.26. The Morgan fingerprint density at radius 2 is 2.18 bits per heavy atom. The summed E-state index contributed by atoms with van der Waals surface area (Å²) in [6.45, 7) is 3.72.